The molecule has 2 nitrogen and oxygen atoms in total. The van der Waals surface area contributed by atoms with Crippen molar-refractivity contribution in [3.63, 3.8) is 0 Å². The largest absolute Gasteiger partial charge is 0.268 e. The molecule has 0 atom stereocenters. The van der Waals surface area contributed by atoms with Crippen molar-refractivity contribution >= 4 is 11.3 Å². The zero-order chi connectivity index (χ0) is 12.4. The van der Waals surface area contributed by atoms with Crippen LogP contribution in [0.3, 0.4) is 0 Å². The summed E-state index contributed by atoms with van der Waals surface area (Å²) >= 11 is 1.72. The lowest BCUT2D eigenvalue weighted by Gasteiger charge is -2.05. The standard InChI is InChI=1S/C15H14N2S/c1-12-5-2-3-6-13(12)11-17-9-8-14(16-17)15-7-4-10-18-15/h2-10H,11H2,1H3. The Bertz CT molecular complexity index is 638. The van der Waals surface area contributed by atoms with E-state index in [9.17, 15) is 0 Å². The van der Waals surface area contributed by atoms with E-state index in [1.807, 2.05) is 10.9 Å². The number of hydrogen-bond donors (Lipinski definition) is 0. The number of nitrogens with zero attached hydrogens (tertiary/aromatic N) is 2. The molecule has 90 valence electrons. The van der Waals surface area contributed by atoms with Gasteiger partial charge in [-0.05, 0) is 35.6 Å². The van der Waals surface area contributed by atoms with Crippen molar-refractivity contribution in [3.8, 4) is 10.6 Å². The van der Waals surface area contributed by atoms with Crippen LogP contribution < -0.4 is 0 Å². The fraction of sp³-hybridized carbons (Fsp3) is 0.133. The Kier molecular flexibility index (Phi) is 2.99. The van der Waals surface area contributed by atoms with Gasteiger partial charge in [0.25, 0.3) is 0 Å². The lowest BCUT2D eigenvalue weighted by atomic mass is 10.1. The zero-order valence-corrected chi connectivity index (χ0v) is 11.0. The number of aromatic nitrogens is 2. The summed E-state index contributed by atoms with van der Waals surface area (Å²) in [5.41, 5.74) is 3.68. The van der Waals surface area contributed by atoms with E-state index < -0.39 is 0 Å². The quantitative estimate of drug-likeness (QED) is 0.691. The summed E-state index contributed by atoms with van der Waals surface area (Å²) in [6, 6.07) is 14.7. The Morgan fingerprint density at radius 3 is 2.78 bits per heavy atom. The lowest BCUT2D eigenvalue weighted by Crippen LogP contribution is -2.01. The number of aryl methyl sites for hydroxylation is 1. The zero-order valence-electron chi connectivity index (χ0n) is 10.2. The maximum absolute atomic E-state index is 4.62. The number of benzene rings is 1. The second-order valence-corrected chi connectivity index (χ2v) is 5.25. The van der Waals surface area contributed by atoms with E-state index >= 15 is 0 Å². The molecule has 0 aliphatic heterocycles. The highest BCUT2D eigenvalue weighted by molar-refractivity contribution is 7.13. The minimum absolute atomic E-state index is 0.831. The van der Waals surface area contributed by atoms with Crippen molar-refractivity contribution in [2.24, 2.45) is 0 Å². The fourth-order valence-electron chi connectivity index (χ4n) is 1.97. The molecule has 18 heavy (non-hydrogen) atoms. The first-order chi connectivity index (χ1) is 8.83. The van der Waals surface area contributed by atoms with E-state index in [-0.39, 0.29) is 0 Å². The van der Waals surface area contributed by atoms with Gasteiger partial charge in [-0.25, -0.2) is 0 Å². The summed E-state index contributed by atoms with van der Waals surface area (Å²) in [6.07, 6.45) is 2.04. The predicted octanol–water partition coefficient (Wildman–Crippen LogP) is 3.97. The molecule has 3 rings (SSSR count). The first-order valence-corrected chi connectivity index (χ1v) is 6.83. The molecule has 0 bridgehead atoms. The second kappa shape index (κ2) is 4.78. The van der Waals surface area contributed by atoms with Crippen LogP contribution in [0.1, 0.15) is 11.1 Å². The molecule has 0 radical (unpaired) electrons. The van der Waals surface area contributed by atoms with Crippen molar-refractivity contribution < 1.29 is 0 Å². The first kappa shape index (κ1) is 11.2. The van der Waals surface area contributed by atoms with Crippen LogP contribution in [-0.2, 0) is 6.54 Å². The van der Waals surface area contributed by atoms with E-state index in [1.165, 1.54) is 16.0 Å². The SMILES string of the molecule is Cc1ccccc1Cn1ccc(-c2cccs2)n1. The number of rotatable bonds is 3. The first-order valence-electron chi connectivity index (χ1n) is 5.95. The fourth-order valence-corrected chi connectivity index (χ4v) is 2.66. The summed E-state index contributed by atoms with van der Waals surface area (Å²) in [5.74, 6) is 0. The van der Waals surface area contributed by atoms with Crippen LogP contribution >= 0.6 is 11.3 Å². The summed E-state index contributed by atoms with van der Waals surface area (Å²) in [5, 5.41) is 6.70. The van der Waals surface area contributed by atoms with Gasteiger partial charge < -0.3 is 0 Å². The summed E-state index contributed by atoms with van der Waals surface area (Å²) in [7, 11) is 0. The monoisotopic (exact) mass is 254 g/mol. The lowest BCUT2D eigenvalue weighted by molar-refractivity contribution is 0.687. The van der Waals surface area contributed by atoms with Gasteiger partial charge in [0, 0.05) is 6.20 Å². The number of hydrogen-bond acceptors (Lipinski definition) is 2. The van der Waals surface area contributed by atoms with Gasteiger partial charge in [-0.2, -0.15) is 5.10 Å². The molecule has 2 heterocycles. The smallest absolute Gasteiger partial charge is 0.102 e. The van der Waals surface area contributed by atoms with Gasteiger partial charge in [0.1, 0.15) is 5.69 Å². The summed E-state index contributed by atoms with van der Waals surface area (Å²) in [6.45, 7) is 2.97. The molecule has 3 aromatic rings. The van der Waals surface area contributed by atoms with Crippen LogP contribution in [0.15, 0.2) is 54.0 Å². The predicted molar refractivity (Wildman–Crippen MR) is 75.8 cm³/mol. The van der Waals surface area contributed by atoms with Gasteiger partial charge in [-0.15, -0.1) is 11.3 Å². The highest BCUT2D eigenvalue weighted by Gasteiger charge is 2.04. The van der Waals surface area contributed by atoms with Gasteiger partial charge in [-0.1, -0.05) is 30.3 Å². The topological polar surface area (TPSA) is 17.8 Å². The maximum Gasteiger partial charge on any atom is 0.102 e. The summed E-state index contributed by atoms with van der Waals surface area (Å²) < 4.78 is 2.00. The Labute approximate surface area is 111 Å². The number of thiophene rings is 1. The molecule has 0 saturated carbocycles. The van der Waals surface area contributed by atoms with Crippen molar-refractivity contribution in [3.05, 3.63) is 65.2 Å². The van der Waals surface area contributed by atoms with E-state index in [4.69, 9.17) is 0 Å². The van der Waals surface area contributed by atoms with Crippen LogP contribution in [-0.4, -0.2) is 9.78 Å². The average molecular weight is 254 g/mol. The minimum Gasteiger partial charge on any atom is -0.268 e. The van der Waals surface area contributed by atoms with Crippen LogP contribution in [0.4, 0.5) is 0 Å². The van der Waals surface area contributed by atoms with Gasteiger partial charge in [0.15, 0.2) is 0 Å². The molecule has 0 fully saturated rings. The molecule has 0 spiro atoms. The third-order valence-electron chi connectivity index (χ3n) is 3.01. The van der Waals surface area contributed by atoms with E-state index in [1.54, 1.807) is 11.3 Å². The van der Waals surface area contributed by atoms with Gasteiger partial charge in [0.05, 0.1) is 11.4 Å². The second-order valence-electron chi connectivity index (χ2n) is 4.30. The van der Waals surface area contributed by atoms with Crippen molar-refractivity contribution in [1.29, 1.82) is 0 Å². The van der Waals surface area contributed by atoms with Crippen molar-refractivity contribution in [2.45, 2.75) is 13.5 Å². The van der Waals surface area contributed by atoms with Crippen molar-refractivity contribution in [1.82, 2.24) is 9.78 Å². The molecular formula is C15H14N2S. The van der Waals surface area contributed by atoms with Gasteiger partial charge in [-0.3, -0.25) is 4.68 Å². The molecule has 0 N–H and O–H groups in total. The maximum atomic E-state index is 4.62. The van der Waals surface area contributed by atoms with E-state index in [0.29, 0.717) is 0 Å². The van der Waals surface area contributed by atoms with Gasteiger partial charge >= 0.3 is 0 Å². The third-order valence-corrected chi connectivity index (χ3v) is 3.90. The molecule has 0 unspecified atom stereocenters. The van der Waals surface area contributed by atoms with E-state index in [0.717, 1.165) is 12.2 Å². The molecule has 0 amide bonds. The summed E-state index contributed by atoms with van der Waals surface area (Å²) in [4.78, 5) is 1.22. The van der Waals surface area contributed by atoms with Crippen molar-refractivity contribution in [2.75, 3.05) is 0 Å². The Hall–Kier alpha value is -1.87. The van der Waals surface area contributed by atoms with Gasteiger partial charge in [0.2, 0.25) is 0 Å². The molecule has 3 heteroatoms. The minimum atomic E-state index is 0.831. The van der Waals surface area contributed by atoms with E-state index in [2.05, 4.69) is 59.9 Å². The molecule has 0 aliphatic rings. The molecule has 2 aromatic heterocycles. The molecular weight excluding hydrogens is 240 g/mol. The Balaban J connectivity index is 1.85. The van der Waals surface area contributed by atoms with Crippen LogP contribution in [0.25, 0.3) is 10.6 Å². The Morgan fingerprint density at radius 2 is 2.00 bits per heavy atom. The molecule has 1 aromatic carbocycles. The van der Waals surface area contributed by atoms with Crippen LogP contribution in [0.5, 0.6) is 0 Å². The molecule has 0 saturated heterocycles. The van der Waals surface area contributed by atoms with Crippen LogP contribution in [0, 0.1) is 6.92 Å². The third kappa shape index (κ3) is 2.22. The normalized spacial score (nSPS) is 10.7. The molecule has 0 aliphatic carbocycles. The van der Waals surface area contributed by atoms with Crippen LogP contribution in [0.2, 0.25) is 0 Å². The highest BCUT2D eigenvalue weighted by atomic mass is 32.1. The average Bonchev–Trinajstić information content (AvgIpc) is 3.02. The Morgan fingerprint density at radius 1 is 1.11 bits per heavy atom. The highest BCUT2D eigenvalue weighted by Crippen LogP contribution is 2.22.